The monoisotopic (exact) mass is 410 g/mol. The lowest BCUT2D eigenvalue weighted by Gasteiger charge is -2.62. The van der Waals surface area contributed by atoms with Crippen LogP contribution < -0.4 is 0 Å². The van der Waals surface area contributed by atoms with E-state index in [4.69, 9.17) is 0 Å². The first-order chi connectivity index (χ1) is 15.1. The SMILES string of the molecule is CCN(C(=O)c1ccccc1)C1(c2ccc(C)cc2)C(=O)N2CCc3ccccc3C21. The summed E-state index contributed by atoms with van der Waals surface area (Å²) in [7, 11) is 0. The smallest absolute Gasteiger partial charge is 0.256 e. The Labute approximate surface area is 183 Å². The molecule has 1 fully saturated rings. The maximum atomic E-state index is 13.9. The summed E-state index contributed by atoms with van der Waals surface area (Å²) in [5.74, 6) is -0.0956. The van der Waals surface area contributed by atoms with Crippen LogP contribution in [0.25, 0.3) is 0 Å². The third-order valence-electron chi connectivity index (χ3n) is 6.77. The highest BCUT2D eigenvalue weighted by molar-refractivity contribution is 6.03. The standard InChI is InChI=1S/C27H26N2O2/c1-3-29(25(30)21-10-5-4-6-11-21)27(22-15-13-19(2)14-16-22)24-23-12-8-7-9-20(23)17-18-28(24)26(27)31/h4-16,24H,3,17-18H2,1-2H3. The number of likely N-dealkylation sites (N-methyl/N-ethyl adjacent to an activating group) is 1. The quantitative estimate of drug-likeness (QED) is 0.595. The molecule has 31 heavy (non-hydrogen) atoms. The van der Waals surface area contributed by atoms with Crippen molar-refractivity contribution in [3.05, 3.63) is 107 Å². The lowest BCUT2D eigenvalue weighted by Crippen LogP contribution is -2.75. The molecule has 0 aliphatic carbocycles. The van der Waals surface area contributed by atoms with Crippen molar-refractivity contribution in [3.8, 4) is 0 Å². The molecular formula is C27H26N2O2. The predicted molar refractivity (Wildman–Crippen MR) is 121 cm³/mol. The van der Waals surface area contributed by atoms with Gasteiger partial charge in [0.05, 0.1) is 6.04 Å². The number of benzene rings is 3. The Morgan fingerprint density at radius 1 is 1.00 bits per heavy atom. The molecule has 0 spiro atoms. The third-order valence-corrected chi connectivity index (χ3v) is 6.77. The van der Waals surface area contributed by atoms with Crippen LogP contribution in [-0.4, -0.2) is 34.7 Å². The van der Waals surface area contributed by atoms with Gasteiger partial charge in [-0.1, -0.05) is 72.3 Å². The molecule has 2 amide bonds. The molecule has 4 heteroatoms. The molecule has 0 saturated carbocycles. The first kappa shape index (κ1) is 19.6. The van der Waals surface area contributed by atoms with Crippen molar-refractivity contribution in [2.75, 3.05) is 13.1 Å². The topological polar surface area (TPSA) is 40.6 Å². The van der Waals surface area contributed by atoms with Gasteiger partial charge in [0.1, 0.15) is 0 Å². The van der Waals surface area contributed by atoms with Gasteiger partial charge in [0.2, 0.25) is 0 Å². The average molecular weight is 411 g/mol. The van der Waals surface area contributed by atoms with E-state index in [1.165, 1.54) is 5.56 Å². The Balaban J connectivity index is 1.73. The van der Waals surface area contributed by atoms with Gasteiger partial charge < -0.3 is 9.80 Å². The number of aryl methyl sites for hydroxylation is 1. The normalized spacial score (nSPS) is 21.7. The molecule has 2 aliphatic heterocycles. The molecule has 3 aromatic carbocycles. The Morgan fingerprint density at radius 3 is 2.39 bits per heavy atom. The molecule has 4 nitrogen and oxygen atoms in total. The van der Waals surface area contributed by atoms with Gasteiger partial charge in [0.15, 0.2) is 5.54 Å². The number of carbonyl (C=O) groups excluding carboxylic acids is 2. The Bertz CT molecular complexity index is 1140. The van der Waals surface area contributed by atoms with Gasteiger partial charge >= 0.3 is 0 Å². The largest absolute Gasteiger partial charge is 0.330 e. The van der Waals surface area contributed by atoms with Gasteiger partial charge in [-0.15, -0.1) is 0 Å². The summed E-state index contributed by atoms with van der Waals surface area (Å²) in [4.78, 5) is 31.4. The summed E-state index contributed by atoms with van der Waals surface area (Å²) >= 11 is 0. The van der Waals surface area contributed by atoms with Gasteiger partial charge in [-0.3, -0.25) is 9.59 Å². The van der Waals surface area contributed by atoms with Crippen LogP contribution in [0.1, 0.15) is 45.6 Å². The molecule has 2 atom stereocenters. The van der Waals surface area contributed by atoms with E-state index >= 15 is 0 Å². The fourth-order valence-electron chi connectivity index (χ4n) is 5.30. The summed E-state index contributed by atoms with van der Waals surface area (Å²) in [5, 5.41) is 0. The van der Waals surface area contributed by atoms with E-state index in [0.29, 0.717) is 18.7 Å². The van der Waals surface area contributed by atoms with Crippen molar-refractivity contribution in [2.24, 2.45) is 0 Å². The van der Waals surface area contributed by atoms with Crippen molar-refractivity contribution in [1.82, 2.24) is 9.80 Å². The molecule has 0 N–H and O–H groups in total. The number of rotatable bonds is 4. The van der Waals surface area contributed by atoms with Gasteiger partial charge in [0.25, 0.3) is 11.8 Å². The van der Waals surface area contributed by atoms with Crippen LogP contribution in [0.5, 0.6) is 0 Å². The van der Waals surface area contributed by atoms with Crippen molar-refractivity contribution in [3.63, 3.8) is 0 Å². The lowest BCUT2D eigenvalue weighted by molar-refractivity contribution is -0.178. The van der Waals surface area contributed by atoms with E-state index in [2.05, 4.69) is 18.2 Å². The second-order valence-corrected chi connectivity index (χ2v) is 8.40. The van der Waals surface area contributed by atoms with E-state index in [1.54, 1.807) is 4.90 Å². The number of hydrogen-bond acceptors (Lipinski definition) is 2. The first-order valence-electron chi connectivity index (χ1n) is 10.9. The highest BCUT2D eigenvalue weighted by Gasteiger charge is 2.67. The summed E-state index contributed by atoms with van der Waals surface area (Å²) in [6.07, 6.45) is 0.848. The Hall–Kier alpha value is -3.40. The number of amides is 2. The van der Waals surface area contributed by atoms with Gasteiger partial charge in [0, 0.05) is 18.7 Å². The molecule has 156 valence electrons. The molecule has 2 aliphatic rings. The molecule has 5 rings (SSSR count). The molecular weight excluding hydrogens is 384 g/mol. The Kier molecular flexibility index (Phi) is 4.66. The minimum atomic E-state index is -1.04. The van der Waals surface area contributed by atoms with E-state index in [9.17, 15) is 9.59 Å². The van der Waals surface area contributed by atoms with Gasteiger partial charge in [-0.25, -0.2) is 0 Å². The second-order valence-electron chi connectivity index (χ2n) is 8.40. The van der Waals surface area contributed by atoms with Crippen molar-refractivity contribution >= 4 is 11.8 Å². The highest BCUT2D eigenvalue weighted by atomic mass is 16.2. The van der Waals surface area contributed by atoms with Crippen molar-refractivity contribution in [1.29, 1.82) is 0 Å². The van der Waals surface area contributed by atoms with Crippen LogP contribution in [-0.2, 0) is 16.8 Å². The highest BCUT2D eigenvalue weighted by Crippen LogP contribution is 2.56. The van der Waals surface area contributed by atoms with Crippen molar-refractivity contribution < 1.29 is 9.59 Å². The third kappa shape index (κ3) is 2.74. The summed E-state index contributed by atoms with van der Waals surface area (Å²) in [6.45, 7) is 5.13. The van der Waals surface area contributed by atoms with Crippen LogP contribution in [0, 0.1) is 6.92 Å². The number of β-lactam (4-membered cyclic amide) rings is 1. The minimum Gasteiger partial charge on any atom is -0.330 e. The average Bonchev–Trinajstić information content (AvgIpc) is 2.82. The summed E-state index contributed by atoms with van der Waals surface area (Å²) < 4.78 is 0. The maximum Gasteiger partial charge on any atom is 0.256 e. The molecule has 2 heterocycles. The summed E-state index contributed by atoms with van der Waals surface area (Å²) in [5.41, 5.74) is 3.98. The fraction of sp³-hybridized carbons (Fsp3) is 0.259. The zero-order chi connectivity index (χ0) is 21.6. The Morgan fingerprint density at radius 2 is 1.68 bits per heavy atom. The zero-order valence-corrected chi connectivity index (χ0v) is 17.9. The molecule has 0 radical (unpaired) electrons. The van der Waals surface area contributed by atoms with E-state index in [1.807, 2.05) is 79.4 Å². The molecule has 0 bridgehead atoms. The maximum absolute atomic E-state index is 13.9. The van der Waals surface area contributed by atoms with Crippen LogP contribution >= 0.6 is 0 Å². The first-order valence-corrected chi connectivity index (χ1v) is 10.9. The van der Waals surface area contributed by atoms with Crippen molar-refractivity contribution in [2.45, 2.75) is 31.8 Å². The predicted octanol–water partition coefficient (Wildman–Crippen LogP) is 4.49. The van der Waals surface area contributed by atoms with E-state index in [0.717, 1.165) is 23.1 Å². The molecule has 1 saturated heterocycles. The molecule has 2 unspecified atom stereocenters. The van der Waals surface area contributed by atoms with Gasteiger partial charge in [-0.2, -0.15) is 0 Å². The van der Waals surface area contributed by atoms with E-state index < -0.39 is 5.54 Å². The molecule has 3 aromatic rings. The molecule has 0 aromatic heterocycles. The van der Waals surface area contributed by atoms with Gasteiger partial charge in [-0.05, 0) is 49.1 Å². The van der Waals surface area contributed by atoms with Crippen LogP contribution in [0.15, 0.2) is 78.9 Å². The summed E-state index contributed by atoms with van der Waals surface area (Å²) in [6, 6.07) is 25.5. The number of carbonyl (C=O) groups is 2. The van der Waals surface area contributed by atoms with Crippen LogP contribution in [0.3, 0.4) is 0 Å². The zero-order valence-electron chi connectivity index (χ0n) is 17.9. The number of nitrogens with zero attached hydrogens (tertiary/aromatic N) is 2. The van der Waals surface area contributed by atoms with Crippen LogP contribution in [0.2, 0.25) is 0 Å². The fourth-order valence-corrected chi connectivity index (χ4v) is 5.30. The number of fused-ring (bicyclic) bond motifs is 3. The van der Waals surface area contributed by atoms with E-state index in [-0.39, 0.29) is 17.9 Å². The number of hydrogen-bond donors (Lipinski definition) is 0. The minimum absolute atomic E-state index is 0.0157. The van der Waals surface area contributed by atoms with Crippen LogP contribution in [0.4, 0.5) is 0 Å². The second kappa shape index (κ2) is 7.38. The lowest BCUT2D eigenvalue weighted by atomic mass is 9.66.